The number of aromatic amines is 1. The average molecular weight is 320 g/mol. The number of nitrogens with two attached hydrogens (primary N) is 1. The van der Waals surface area contributed by atoms with Gasteiger partial charge in [-0.3, -0.25) is 4.79 Å². The number of anilines is 2. The maximum Gasteiger partial charge on any atom is 0.257 e. The molecule has 4 N–H and O–H groups in total. The summed E-state index contributed by atoms with van der Waals surface area (Å²) in [6.07, 6.45) is 1.63. The summed E-state index contributed by atoms with van der Waals surface area (Å²) >= 11 is 12.1. The molecule has 1 heterocycles. The van der Waals surface area contributed by atoms with Crippen molar-refractivity contribution in [2.24, 2.45) is 0 Å². The number of nitrogen functional groups attached to an aromatic ring is 1. The van der Waals surface area contributed by atoms with Crippen LogP contribution >= 0.6 is 23.2 Å². The van der Waals surface area contributed by atoms with E-state index in [4.69, 9.17) is 28.9 Å². The molecule has 0 atom stereocenters. The average Bonchev–Trinajstić information content (AvgIpc) is 2.85. The Hall–Kier alpha value is -2.17. The van der Waals surface area contributed by atoms with Crippen molar-refractivity contribution in [2.75, 3.05) is 11.1 Å². The third-order valence-electron chi connectivity index (χ3n) is 3.15. The first-order valence-electron chi connectivity index (χ1n) is 6.18. The number of carbonyl (C=O) groups excluding carboxylic acids is 1. The van der Waals surface area contributed by atoms with Crippen molar-refractivity contribution in [3.63, 3.8) is 0 Å². The number of halogens is 2. The third-order valence-corrected chi connectivity index (χ3v) is 3.78. The van der Waals surface area contributed by atoms with Crippen LogP contribution in [-0.4, -0.2) is 10.9 Å². The Kier molecular flexibility index (Phi) is 3.49. The molecule has 4 nitrogen and oxygen atoms in total. The first-order valence-corrected chi connectivity index (χ1v) is 6.94. The van der Waals surface area contributed by atoms with E-state index in [9.17, 15) is 4.79 Å². The summed E-state index contributed by atoms with van der Waals surface area (Å²) in [5.41, 5.74) is 8.04. The predicted molar refractivity (Wildman–Crippen MR) is 87.1 cm³/mol. The van der Waals surface area contributed by atoms with Gasteiger partial charge in [0, 0.05) is 22.8 Å². The Morgan fingerprint density at radius 2 is 1.86 bits per heavy atom. The van der Waals surface area contributed by atoms with Crippen LogP contribution in [0, 0.1) is 0 Å². The Morgan fingerprint density at radius 1 is 1.14 bits per heavy atom. The molecule has 6 heteroatoms. The standard InChI is InChI=1S/C15H11Cl2N3O/c16-11-2-1-3-12(17)14(11)20-15(21)10-7-19-13-6-8(18)4-5-9(10)13/h1-7,19H,18H2,(H,20,21). The van der Waals surface area contributed by atoms with Gasteiger partial charge in [0.1, 0.15) is 0 Å². The van der Waals surface area contributed by atoms with Gasteiger partial charge in [0.2, 0.25) is 0 Å². The molecule has 0 saturated heterocycles. The fraction of sp³-hybridized carbons (Fsp3) is 0. The first kappa shape index (κ1) is 13.8. The van der Waals surface area contributed by atoms with Gasteiger partial charge in [-0.2, -0.15) is 0 Å². The van der Waals surface area contributed by atoms with E-state index in [1.807, 2.05) is 0 Å². The van der Waals surface area contributed by atoms with Crippen LogP contribution in [0.3, 0.4) is 0 Å². The van der Waals surface area contributed by atoms with Gasteiger partial charge in [0.25, 0.3) is 5.91 Å². The van der Waals surface area contributed by atoms with Crippen LogP contribution in [0.5, 0.6) is 0 Å². The molecule has 2 aromatic carbocycles. The molecule has 3 aromatic rings. The molecule has 0 unspecified atom stereocenters. The highest BCUT2D eigenvalue weighted by molar-refractivity contribution is 6.40. The van der Waals surface area contributed by atoms with Gasteiger partial charge in [0.05, 0.1) is 21.3 Å². The summed E-state index contributed by atoms with van der Waals surface area (Å²) in [7, 11) is 0. The van der Waals surface area contributed by atoms with Crippen LogP contribution in [0.2, 0.25) is 10.0 Å². The topological polar surface area (TPSA) is 70.9 Å². The quantitative estimate of drug-likeness (QED) is 0.616. The molecule has 3 rings (SSSR count). The number of fused-ring (bicyclic) bond motifs is 1. The Bertz CT molecular complexity index is 822. The maximum absolute atomic E-state index is 12.4. The minimum atomic E-state index is -0.291. The molecule has 0 radical (unpaired) electrons. The minimum Gasteiger partial charge on any atom is -0.399 e. The lowest BCUT2D eigenvalue weighted by atomic mass is 10.1. The van der Waals surface area contributed by atoms with Gasteiger partial charge in [-0.05, 0) is 30.3 Å². The second-order valence-electron chi connectivity index (χ2n) is 4.56. The van der Waals surface area contributed by atoms with Crippen LogP contribution < -0.4 is 11.1 Å². The van der Waals surface area contributed by atoms with E-state index in [0.717, 1.165) is 10.9 Å². The minimum absolute atomic E-state index is 0.291. The second-order valence-corrected chi connectivity index (χ2v) is 5.37. The largest absolute Gasteiger partial charge is 0.399 e. The summed E-state index contributed by atoms with van der Waals surface area (Å²) in [5, 5.41) is 4.29. The van der Waals surface area contributed by atoms with Crippen molar-refractivity contribution < 1.29 is 4.79 Å². The van der Waals surface area contributed by atoms with E-state index >= 15 is 0 Å². The molecular weight excluding hydrogens is 309 g/mol. The third kappa shape index (κ3) is 2.55. The van der Waals surface area contributed by atoms with Crippen LogP contribution in [0.4, 0.5) is 11.4 Å². The van der Waals surface area contributed by atoms with Gasteiger partial charge in [-0.1, -0.05) is 29.3 Å². The molecule has 21 heavy (non-hydrogen) atoms. The van der Waals surface area contributed by atoms with Crippen molar-refractivity contribution in [1.29, 1.82) is 0 Å². The van der Waals surface area contributed by atoms with Gasteiger partial charge in [-0.15, -0.1) is 0 Å². The summed E-state index contributed by atoms with van der Waals surface area (Å²) < 4.78 is 0. The fourth-order valence-corrected chi connectivity index (χ4v) is 2.62. The van der Waals surface area contributed by atoms with Crippen LogP contribution in [0.25, 0.3) is 10.9 Å². The number of carbonyl (C=O) groups is 1. The lowest BCUT2D eigenvalue weighted by Gasteiger charge is -2.08. The molecule has 1 amide bonds. The van der Waals surface area contributed by atoms with Crippen molar-refractivity contribution in [2.45, 2.75) is 0 Å². The van der Waals surface area contributed by atoms with E-state index in [0.29, 0.717) is 27.0 Å². The van der Waals surface area contributed by atoms with Gasteiger partial charge >= 0.3 is 0 Å². The normalized spacial score (nSPS) is 10.8. The van der Waals surface area contributed by atoms with Crippen molar-refractivity contribution >= 4 is 51.4 Å². The van der Waals surface area contributed by atoms with Crippen LogP contribution in [-0.2, 0) is 0 Å². The summed E-state index contributed by atoms with van der Waals surface area (Å²) in [6.45, 7) is 0. The molecule has 0 aliphatic rings. The number of amides is 1. The smallest absolute Gasteiger partial charge is 0.257 e. The molecule has 0 bridgehead atoms. The van der Waals surface area contributed by atoms with Gasteiger partial charge in [0.15, 0.2) is 0 Å². The van der Waals surface area contributed by atoms with Crippen molar-refractivity contribution in [3.05, 3.63) is 58.2 Å². The van der Waals surface area contributed by atoms with Crippen LogP contribution in [0.15, 0.2) is 42.6 Å². The molecule has 106 valence electrons. The Labute approximate surface area is 130 Å². The highest BCUT2D eigenvalue weighted by Gasteiger charge is 2.15. The second kappa shape index (κ2) is 5.31. The number of H-pyrrole nitrogens is 1. The first-order chi connectivity index (χ1) is 10.1. The Morgan fingerprint density at radius 3 is 2.57 bits per heavy atom. The van der Waals surface area contributed by atoms with E-state index in [-0.39, 0.29) is 5.91 Å². The number of benzene rings is 2. The highest BCUT2D eigenvalue weighted by atomic mass is 35.5. The molecule has 0 aliphatic heterocycles. The number of hydrogen-bond donors (Lipinski definition) is 3. The zero-order valence-electron chi connectivity index (χ0n) is 10.8. The lowest BCUT2D eigenvalue weighted by molar-refractivity contribution is 0.102. The van der Waals surface area contributed by atoms with Gasteiger partial charge < -0.3 is 16.0 Å². The summed E-state index contributed by atoms with van der Waals surface area (Å²) in [6, 6.07) is 10.4. The summed E-state index contributed by atoms with van der Waals surface area (Å²) in [5.74, 6) is -0.291. The van der Waals surface area contributed by atoms with Gasteiger partial charge in [-0.25, -0.2) is 0 Å². The van der Waals surface area contributed by atoms with Crippen molar-refractivity contribution in [1.82, 2.24) is 4.98 Å². The zero-order valence-corrected chi connectivity index (χ0v) is 12.3. The van der Waals surface area contributed by atoms with Crippen molar-refractivity contribution in [3.8, 4) is 0 Å². The number of rotatable bonds is 2. The van der Waals surface area contributed by atoms with E-state index in [1.165, 1.54) is 0 Å². The number of hydrogen-bond acceptors (Lipinski definition) is 2. The number of para-hydroxylation sites is 1. The SMILES string of the molecule is Nc1ccc2c(C(=O)Nc3c(Cl)cccc3Cl)c[nH]c2c1. The molecule has 0 fully saturated rings. The zero-order chi connectivity index (χ0) is 15.0. The molecule has 0 spiro atoms. The lowest BCUT2D eigenvalue weighted by Crippen LogP contribution is -2.12. The monoisotopic (exact) mass is 319 g/mol. The maximum atomic E-state index is 12.4. The fourth-order valence-electron chi connectivity index (χ4n) is 2.13. The van der Waals surface area contributed by atoms with E-state index in [1.54, 1.807) is 42.6 Å². The van der Waals surface area contributed by atoms with E-state index < -0.39 is 0 Å². The molecular formula is C15H11Cl2N3O. The Balaban J connectivity index is 1.98. The highest BCUT2D eigenvalue weighted by Crippen LogP contribution is 2.31. The molecule has 0 aliphatic carbocycles. The predicted octanol–water partition coefficient (Wildman–Crippen LogP) is 4.31. The molecule has 0 saturated carbocycles. The molecule has 1 aromatic heterocycles. The van der Waals surface area contributed by atoms with Crippen LogP contribution in [0.1, 0.15) is 10.4 Å². The number of nitrogens with one attached hydrogen (secondary N) is 2. The number of aromatic nitrogens is 1. The summed E-state index contributed by atoms with van der Waals surface area (Å²) in [4.78, 5) is 15.4. The van der Waals surface area contributed by atoms with E-state index in [2.05, 4.69) is 10.3 Å².